The number of halogens is 1. The summed E-state index contributed by atoms with van der Waals surface area (Å²) in [5.74, 6) is -2.82. The molecule has 0 spiro atoms. The number of aliphatic carboxylic acids is 1. The van der Waals surface area contributed by atoms with Crippen LogP contribution in [0.4, 0.5) is 5.69 Å². The van der Waals surface area contributed by atoms with E-state index < -0.39 is 17.8 Å². The lowest BCUT2D eigenvalue weighted by Crippen LogP contribution is -2.34. The lowest BCUT2D eigenvalue weighted by molar-refractivity contribution is -0.140. The Hall–Kier alpha value is -1.89. The van der Waals surface area contributed by atoms with Gasteiger partial charge in [0.05, 0.1) is 18.4 Å². The van der Waals surface area contributed by atoms with Crippen LogP contribution in [0.1, 0.15) is 12.0 Å². The molecule has 0 heterocycles. The molecule has 2 amide bonds. The molecule has 3 N–H and O–H groups in total. The van der Waals surface area contributed by atoms with Gasteiger partial charge in [0.1, 0.15) is 0 Å². The standard InChI is InChI=1S/C14H15BrN2O4/c1-7-4-8(15)2-3-11(7)17-12(18)6-16-13(19)9-5-10(9)14(20)21/h2-4,9-10H,5-6H2,1H3,(H,16,19)(H,17,18)(H,20,21). The van der Waals surface area contributed by atoms with E-state index in [0.29, 0.717) is 12.1 Å². The number of anilines is 1. The van der Waals surface area contributed by atoms with E-state index in [9.17, 15) is 14.4 Å². The van der Waals surface area contributed by atoms with E-state index in [1.807, 2.05) is 19.1 Å². The molecule has 6 nitrogen and oxygen atoms in total. The van der Waals surface area contributed by atoms with Gasteiger partial charge in [0.25, 0.3) is 0 Å². The summed E-state index contributed by atoms with van der Waals surface area (Å²) >= 11 is 3.33. The number of carboxylic acid groups (broad SMARTS) is 1. The average molecular weight is 355 g/mol. The molecule has 21 heavy (non-hydrogen) atoms. The molecule has 1 aliphatic rings. The first-order valence-corrected chi connectivity index (χ1v) is 7.24. The zero-order valence-electron chi connectivity index (χ0n) is 11.4. The van der Waals surface area contributed by atoms with E-state index in [4.69, 9.17) is 5.11 Å². The fourth-order valence-corrected chi connectivity index (χ4v) is 2.49. The number of benzene rings is 1. The van der Waals surface area contributed by atoms with Crippen LogP contribution in [-0.2, 0) is 14.4 Å². The van der Waals surface area contributed by atoms with Crippen LogP contribution in [-0.4, -0.2) is 29.4 Å². The molecule has 1 fully saturated rings. The molecule has 0 radical (unpaired) electrons. The number of nitrogens with one attached hydrogen (secondary N) is 2. The third-order valence-electron chi connectivity index (χ3n) is 3.33. The molecule has 0 aliphatic heterocycles. The fraction of sp³-hybridized carbons (Fsp3) is 0.357. The molecule has 7 heteroatoms. The number of hydrogen-bond acceptors (Lipinski definition) is 3. The molecule has 112 valence electrons. The van der Waals surface area contributed by atoms with Crippen LogP contribution in [0.3, 0.4) is 0 Å². The van der Waals surface area contributed by atoms with Crippen molar-refractivity contribution in [2.75, 3.05) is 11.9 Å². The van der Waals surface area contributed by atoms with Crippen molar-refractivity contribution in [1.29, 1.82) is 0 Å². The Bertz CT molecular complexity index is 603. The van der Waals surface area contributed by atoms with Crippen LogP contribution in [0.15, 0.2) is 22.7 Å². The van der Waals surface area contributed by atoms with Crippen molar-refractivity contribution in [2.45, 2.75) is 13.3 Å². The van der Waals surface area contributed by atoms with Gasteiger partial charge in [0.2, 0.25) is 11.8 Å². The molecular formula is C14H15BrN2O4. The van der Waals surface area contributed by atoms with E-state index in [1.165, 1.54) is 0 Å². The molecule has 0 saturated heterocycles. The molecule has 0 bridgehead atoms. The summed E-state index contributed by atoms with van der Waals surface area (Å²) in [6.45, 7) is 1.69. The largest absolute Gasteiger partial charge is 0.481 e. The highest BCUT2D eigenvalue weighted by molar-refractivity contribution is 9.10. The van der Waals surface area contributed by atoms with Gasteiger partial charge in [0, 0.05) is 10.2 Å². The first-order valence-electron chi connectivity index (χ1n) is 6.45. The third kappa shape index (κ3) is 4.04. The smallest absolute Gasteiger partial charge is 0.307 e. The van der Waals surface area contributed by atoms with Gasteiger partial charge < -0.3 is 15.7 Å². The summed E-state index contributed by atoms with van der Waals surface area (Å²) < 4.78 is 0.916. The molecule has 1 aromatic carbocycles. The number of amides is 2. The van der Waals surface area contributed by atoms with Crippen molar-refractivity contribution in [3.05, 3.63) is 28.2 Å². The first-order chi connectivity index (χ1) is 9.88. The van der Waals surface area contributed by atoms with Crippen LogP contribution >= 0.6 is 15.9 Å². The normalized spacial score (nSPS) is 19.7. The molecule has 2 rings (SSSR count). The third-order valence-corrected chi connectivity index (χ3v) is 3.82. The van der Waals surface area contributed by atoms with Crippen LogP contribution < -0.4 is 10.6 Å². The van der Waals surface area contributed by atoms with Crippen molar-refractivity contribution >= 4 is 39.4 Å². The number of carbonyl (C=O) groups excluding carboxylic acids is 2. The maximum Gasteiger partial charge on any atom is 0.307 e. The number of hydrogen-bond donors (Lipinski definition) is 3. The monoisotopic (exact) mass is 354 g/mol. The summed E-state index contributed by atoms with van der Waals surface area (Å²) in [4.78, 5) is 34.0. The second-order valence-electron chi connectivity index (χ2n) is 5.01. The second-order valence-corrected chi connectivity index (χ2v) is 5.93. The molecule has 2 unspecified atom stereocenters. The lowest BCUT2D eigenvalue weighted by atomic mass is 10.2. The van der Waals surface area contributed by atoms with Gasteiger partial charge in [-0.25, -0.2) is 0 Å². The van der Waals surface area contributed by atoms with E-state index in [0.717, 1.165) is 10.0 Å². The van der Waals surface area contributed by atoms with Crippen molar-refractivity contribution in [2.24, 2.45) is 11.8 Å². The van der Waals surface area contributed by atoms with Gasteiger partial charge in [-0.1, -0.05) is 15.9 Å². The maximum absolute atomic E-state index is 11.8. The molecule has 1 aromatic rings. The Labute approximate surface area is 130 Å². The van der Waals surface area contributed by atoms with Crippen molar-refractivity contribution in [1.82, 2.24) is 5.32 Å². The minimum absolute atomic E-state index is 0.169. The summed E-state index contributed by atoms with van der Waals surface area (Å²) in [7, 11) is 0. The SMILES string of the molecule is Cc1cc(Br)ccc1NC(=O)CNC(=O)C1CC1C(=O)O. The quantitative estimate of drug-likeness (QED) is 0.747. The predicted octanol–water partition coefficient (Wildman–Crippen LogP) is 1.53. The Morgan fingerprint density at radius 3 is 2.62 bits per heavy atom. The topological polar surface area (TPSA) is 95.5 Å². The lowest BCUT2D eigenvalue weighted by Gasteiger charge is -2.09. The second kappa shape index (κ2) is 6.26. The molecule has 0 aromatic heterocycles. The minimum Gasteiger partial charge on any atom is -0.481 e. The van der Waals surface area contributed by atoms with Crippen molar-refractivity contribution < 1.29 is 19.5 Å². The fourth-order valence-electron chi connectivity index (χ4n) is 2.02. The van der Waals surface area contributed by atoms with Crippen LogP contribution in [0.25, 0.3) is 0 Å². The van der Waals surface area contributed by atoms with Crippen molar-refractivity contribution in [3.8, 4) is 0 Å². The predicted molar refractivity (Wildman–Crippen MR) is 79.8 cm³/mol. The molecular weight excluding hydrogens is 340 g/mol. The highest BCUT2D eigenvalue weighted by Gasteiger charge is 2.48. The maximum atomic E-state index is 11.8. The summed E-state index contributed by atoms with van der Waals surface area (Å²) in [5, 5.41) is 13.9. The van der Waals surface area contributed by atoms with Gasteiger partial charge >= 0.3 is 5.97 Å². The zero-order chi connectivity index (χ0) is 15.6. The summed E-state index contributed by atoms with van der Waals surface area (Å²) in [5.41, 5.74) is 1.57. The van der Waals surface area contributed by atoms with E-state index in [1.54, 1.807) is 6.07 Å². The number of aryl methyl sites for hydroxylation is 1. The number of rotatable bonds is 5. The van der Waals surface area contributed by atoms with E-state index in [-0.39, 0.29) is 18.4 Å². The zero-order valence-corrected chi connectivity index (χ0v) is 12.9. The first kappa shape index (κ1) is 15.5. The van der Waals surface area contributed by atoms with Crippen LogP contribution in [0.2, 0.25) is 0 Å². The number of carboxylic acids is 1. The molecule has 2 atom stereocenters. The van der Waals surface area contributed by atoms with E-state index in [2.05, 4.69) is 26.6 Å². The molecule has 1 saturated carbocycles. The minimum atomic E-state index is -0.968. The Balaban J connectivity index is 1.80. The van der Waals surface area contributed by atoms with Gasteiger partial charge in [0.15, 0.2) is 0 Å². The van der Waals surface area contributed by atoms with Crippen LogP contribution in [0, 0.1) is 18.8 Å². The summed E-state index contributed by atoms with van der Waals surface area (Å²) in [6.07, 6.45) is 0.342. The van der Waals surface area contributed by atoms with Gasteiger partial charge in [-0.05, 0) is 37.1 Å². The van der Waals surface area contributed by atoms with E-state index >= 15 is 0 Å². The average Bonchev–Trinajstić information content (AvgIpc) is 3.20. The highest BCUT2D eigenvalue weighted by atomic mass is 79.9. The van der Waals surface area contributed by atoms with Crippen LogP contribution in [0.5, 0.6) is 0 Å². The van der Waals surface area contributed by atoms with Gasteiger partial charge in [-0.2, -0.15) is 0 Å². The Kier molecular flexibility index (Phi) is 4.62. The Morgan fingerprint density at radius 2 is 2.05 bits per heavy atom. The van der Waals surface area contributed by atoms with Gasteiger partial charge in [-0.3, -0.25) is 14.4 Å². The van der Waals surface area contributed by atoms with Gasteiger partial charge in [-0.15, -0.1) is 0 Å². The molecule has 1 aliphatic carbocycles. The summed E-state index contributed by atoms with van der Waals surface area (Å²) in [6, 6.07) is 5.44. The number of carbonyl (C=O) groups is 3. The van der Waals surface area contributed by atoms with Crippen molar-refractivity contribution in [3.63, 3.8) is 0 Å². The highest BCUT2D eigenvalue weighted by Crippen LogP contribution is 2.38. The Morgan fingerprint density at radius 1 is 1.33 bits per heavy atom.